The second kappa shape index (κ2) is 8.38. The molecule has 5 nitrogen and oxygen atoms in total. The number of carbonyl (C=O) groups excluding carboxylic acids is 1. The van der Waals surface area contributed by atoms with Crippen LogP contribution in [0.4, 0.5) is 0 Å². The topological polar surface area (TPSA) is 73.6 Å². The van der Waals surface area contributed by atoms with E-state index in [1.807, 2.05) is 13.0 Å². The Bertz CT molecular complexity index is 554. The van der Waals surface area contributed by atoms with Crippen LogP contribution in [0.25, 0.3) is 0 Å². The van der Waals surface area contributed by atoms with Crippen LogP contribution in [-0.2, 0) is 10.2 Å². The van der Waals surface area contributed by atoms with Gasteiger partial charge in [0.1, 0.15) is 0 Å². The number of hydrogen-bond donors (Lipinski definition) is 2. The molecule has 1 fully saturated rings. The Kier molecular flexibility index (Phi) is 6.49. The maximum Gasteiger partial charge on any atom is 0.224 e. The van der Waals surface area contributed by atoms with Gasteiger partial charge in [0.25, 0.3) is 0 Å². The van der Waals surface area contributed by atoms with Crippen molar-refractivity contribution in [2.75, 3.05) is 27.3 Å². The van der Waals surface area contributed by atoms with Gasteiger partial charge in [0.05, 0.1) is 14.2 Å². The first-order valence-corrected chi connectivity index (χ1v) is 8.76. The summed E-state index contributed by atoms with van der Waals surface area (Å²) < 4.78 is 10.8. The van der Waals surface area contributed by atoms with Crippen LogP contribution in [0.1, 0.15) is 44.6 Å². The van der Waals surface area contributed by atoms with E-state index in [0.29, 0.717) is 13.1 Å². The summed E-state index contributed by atoms with van der Waals surface area (Å²) in [6.07, 6.45) is 5.75. The summed E-state index contributed by atoms with van der Waals surface area (Å²) in [5, 5.41) is 3.12. The molecule has 24 heavy (non-hydrogen) atoms. The fraction of sp³-hybridized carbons (Fsp3) is 0.632. The van der Waals surface area contributed by atoms with E-state index in [1.54, 1.807) is 14.2 Å². The van der Waals surface area contributed by atoms with Crippen molar-refractivity contribution in [2.45, 2.75) is 44.4 Å². The molecule has 134 valence electrons. The first-order valence-electron chi connectivity index (χ1n) is 8.76. The van der Waals surface area contributed by atoms with Crippen LogP contribution < -0.4 is 20.5 Å². The highest BCUT2D eigenvalue weighted by atomic mass is 16.5. The Hall–Kier alpha value is -1.75. The van der Waals surface area contributed by atoms with Gasteiger partial charge in [0.15, 0.2) is 11.5 Å². The van der Waals surface area contributed by atoms with Crippen LogP contribution in [0.15, 0.2) is 18.2 Å². The molecule has 1 unspecified atom stereocenters. The number of ether oxygens (including phenoxy) is 2. The van der Waals surface area contributed by atoms with Gasteiger partial charge in [-0.25, -0.2) is 0 Å². The third-order valence-electron chi connectivity index (χ3n) is 5.21. The van der Waals surface area contributed by atoms with E-state index in [1.165, 1.54) is 24.8 Å². The van der Waals surface area contributed by atoms with Crippen molar-refractivity contribution in [1.82, 2.24) is 5.32 Å². The molecule has 2 rings (SSSR count). The van der Waals surface area contributed by atoms with Crippen LogP contribution in [0.3, 0.4) is 0 Å². The van der Waals surface area contributed by atoms with Gasteiger partial charge in [-0.05, 0) is 30.5 Å². The monoisotopic (exact) mass is 334 g/mol. The Morgan fingerprint density at radius 1 is 1.21 bits per heavy atom. The van der Waals surface area contributed by atoms with Crippen LogP contribution in [0, 0.1) is 5.92 Å². The van der Waals surface area contributed by atoms with Gasteiger partial charge in [-0.15, -0.1) is 0 Å². The number of methoxy groups -OCH3 is 2. The summed E-state index contributed by atoms with van der Waals surface area (Å²) in [4.78, 5) is 12.2. The molecule has 0 aromatic heterocycles. The number of nitrogens with two attached hydrogens (primary N) is 1. The lowest BCUT2D eigenvalue weighted by molar-refractivity contribution is -0.124. The quantitative estimate of drug-likeness (QED) is 0.804. The Morgan fingerprint density at radius 3 is 2.46 bits per heavy atom. The van der Waals surface area contributed by atoms with Crippen LogP contribution >= 0.6 is 0 Å². The summed E-state index contributed by atoms with van der Waals surface area (Å²) in [5.74, 6) is 1.34. The first-order chi connectivity index (χ1) is 11.6. The number of nitrogens with one attached hydrogen (secondary N) is 1. The second-order valence-electron chi connectivity index (χ2n) is 6.77. The average molecular weight is 334 g/mol. The molecule has 1 amide bonds. The molecule has 1 aromatic rings. The number of benzene rings is 1. The Labute approximate surface area is 144 Å². The zero-order valence-corrected chi connectivity index (χ0v) is 15.1. The lowest BCUT2D eigenvalue weighted by atomic mass is 9.69. The fourth-order valence-corrected chi connectivity index (χ4v) is 3.50. The average Bonchev–Trinajstić information content (AvgIpc) is 2.65. The van der Waals surface area contributed by atoms with Crippen LogP contribution in [-0.4, -0.2) is 33.2 Å². The van der Waals surface area contributed by atoms with E-state index < -0.39 is 0 Å². The Balaban J connectivity index is 2.25. The van der Waals surface area contributed by atoms with Crippen molar-refractivity contribution in [1.29, 1.82) is 0 Å². The fourth-order valence-electron chi connectivity index (χ4n) is 3.50. The van der Waals surface area contributed by atoms with E-state index in [-0.39, 0.29) is 17.2 Å². The van der Waals surface area contributed by atoms with Crippen molar-refractivity contribution in [3.63, 3.8) is 0 Å². The van der Waals surface area contributed by atoms with Gasteiger partial charge in [-0.3, -0.25) is 4.79 Å². The van der Waals surface area contributed by atoms with Crippen molar-refractivity contribution >= 4 is 5.91 Å². The standard InChI is InChI=1S/C19H30N2O3/c1-14(12-20)18(22)21-13-19(9-5-4-6-10-19)15-7-8-16(23-2)17(11-15)24-3/h7-8,11,14H,4-6,9-10,12-13,20H2,1-3H3,(H,21,22). The predicted octanol–water partition coefficient (Wildman–Crippen LogP) is 2.62. The highest BCUT2D eigenvalue weighted by Gasteiger charge is 2.35. The van der Waals surface area contributed by atoms with Crippen molar-refractivity contribution in [3.05, 3.63) is 23.8 Å². The molecule has 0 saturated heterocycles. The maximum atomic E-state index is 12.2. The maximum absolute atomic E-state index is 12.2. The first kappa shape index (κ1) is 18.6. The highest BCUT2D eigenvalue weighted by molar-refractivity contribution is 5.78. The van der Waals surface area contributed by atoms with Crippen LogP contribution in [0.2, 0.25) is 0 Å². The Morgan fingerprint density at radius 2 is 1.88 bits per heavy atom. The number of amides is 1. The van der Waals surface area contributed by atoms with E-state index in [2.05, 4.69) is 17.4 Å². The number of rotatable bonds is 7. The van der Waals surface area contributed by atoms with Gasteiger partial charge >= 0.3 is 0 Å². The molecule has 0 bridgehead atoms. The molecule has 0 heterocycles. The van der Waals surface area contributed by atoms with E-state index in [9.17, 15) is 4.79 Å². The molecular formula is C19H30N2O3. The summed E-state index contributed by atoms with van der Waals surface area (Å²) in [6, 6.07) is 6.11. The van der Waals surface area contributed by atoms with Gasteiger partial charge in [0.2, 0.25) is 5.91 Å². The van der Waals surface area contributed by atoms with Gasteiger partial charge < -0.3 is 20.5 Å². The molecule has 5 heteroatoms. The minimum atomic E-state index is -0.156. The van der Waals surface area contributed by atoms with Crippen LogP contribution in [0.5, 0.6) is 11.5 Å². The molecule has 0 aliphatic heterocycles. The summed E-state index contributed by atoms with van der Waals surface area (Å²) in [7, 11) is 3.29. The molecule has 0 radical (unpaired) electrons. The minimum Gasteiger partial charge on any atom is -0.493 e. The largest absolute Gasteiger partial charge is 0.493 e. The minimum absolute atomic E-state index is 0.0305. The zero-order valence-electron chi connectivity index (χ0n) is 15.1. The summed E-state index contributed by atoms with van der Waals surface area (Å²) >= 11 is 0. The highest BCUT2D eigenvalue weighted by Crippen LogP contribution is 2.42. The summed E-state index contributed by atoms with van der Waals surface area (Å²) in [6.45, 7) is 2.88. The third kappa shape index (κ3) is 4.01. The lowest BCUT2D eigenvalue weighted by Crippen LogP contribution is -2.44. The molecule has 0 spiro atoms. The lowest BCUT2D eigenvalue weighted by Gasteiger charge is -2.38. The number of hydrogen-bond acceptors (Lipinski definition) is 4. The van der Waals surface area contributed by atoms with Crippen molar-refractivity contribution in [2.24, 2.45) is 11.7 Å². The van der Waals surface area contributed by atoms with Gasteiger partial charge in [-0.1, -0.05) is 32.3 Å². The molecule has 3 N–H and O–H groups in total. The van der Waals surface area contributed by atoms with Gasteiger partial charge in [-0.2, -0.15) is 0 Å². The summed E-state index contributed by atoms with van der Waals surface area (Å²) in [5.41, 5.74) is 6.77. The second-order valence-corrected chi connectivity index (χ2v) is 6.77. The normalized spacial score (nSPS) is 17.8. The van der Waals surface area contributed by atoms with Crippen molar-refractivity contribution < 1.29 is 14.3 Å². The molecule has 1 atom stereocenters. The third-order valence-corrected chi connectivity index (χ3v) is 5.21. The number of carbonyl (C=O) groups is 1. The molecule has 1 aliphatic carbocycles. The molecule has 1 aliphatic rings. The van der Waals surface area contributed by atoms with E-state index in [0.717, 1.165) is 24.3 Å². The molecule has 1 saturated carbocycles. The van der Waals surface area contributed by atoms with E-state index in [4.69, 9.17) is 15.2 Å². The van der Waals surface area contributed by atoms with E-state index >= 15 is 0 Å². The zero-order chi connectivity index (χ0) is 17.6. The van der Waals surface area contributed by atoms with Crippen molar-refractivity contribution in [3.8, 4) is 11.5 Å². The molecular weight excluding hydrogens is 304 g/mol. The van der Waals surface area contributed by atoms with Gasteiger partial charge in [0, 0.05) is 24.4 Å². The molecule has 1 aromatic carbocycles. The SMILES string of the molecule is COc1ccc(C2(CNC(=O)C(C)CN)CCCCC2)cc1OC. The smallest absolute Gasteiger partial charge is 0.224 e. The predicted molar refractivity (Wildman–Crippen MR) is 95.5 cm³/mol.